The highest BCUT2D eigenvalue weighted by atomic mass is 35.5. The number of pyridine rings is 1. The fourth-order valence-electron chi connectivity index (χ4n) is 2.37. The van der Waals surface area contributed by atoms with E-state index in [1.807, 2.05) is 0 Å². The van der Waals surface area contributed by atoms with E-state index in [9.17, 15) is 9.59 Å². The quantitative estimate of drug-likeness (QED) is 0.926. The van der Waals surface area contributed by atoms with Gasteiger partial charge in [-0.15, -0.1) is 0 Å². The number of amides is 1. The second-order valence-electron chi connectivity index (χ2n) is 4.68. The molecular formula is C15H11ClN2O3. The number of benzene rings is 1. The zero-order valence-corrected chi connectivity index (χ0v) is 11.7. The Hall–Kier alpha value is -2.40. The topological polar surface area (TPSA) is 70.5 Å². The monoisotopic (exact) mass is 302 g/mol. The third kappa shape index (κ3) is 2.36. The van der Waals surface area contributed by atoms with Crippen LogP contribution >= 0.6 is 11.6 Å². The van der Waals surface area contributed by atoms with Gasteiger partial charge in [0, 0.05) is 23.3 Å². The summed E-state index contributed by atoms with van der Waals surface area (Å²) in [5.41, 5.74) is 1.51. The van der Waals surface area contributed by atoms with E-state index in [1.54, 1.807) is 18.2 Å². The molecule has 0 spiro atoms. The smallest absolute Gasteiger partial charge is 0.337 e. The van der Waals surface area contributed by atoms with Crippen molar-refractivity contribution in [2.75, 3.05) is 11.4 Å². The predicted molar refractivity (Wildman–Crippen MR) is 78.0 cm³/mol. The van der Waals surface area contributed by atoms with Crippen LogP contribution in [0.2, 0.25) is 5.02 Å². The van der Waals surface area contributed by atoms with Crippen molar-refractivity contribution in [1.29, 1.82) is 0 Å². The minimum Gasteiger partial charge on any atom is -0.478 e. The van der Waals surface area contributed by atoms with Crippen molar-refractivity contribution in [2.24, 2.45) is 0 Å². The number of carbonyl (C=O) groups excluding carboxylic acids is 1. The van der Waals surface area contributed by atoms with Crippen LogP contribution in [0.1, 0.15) is 26.3 Å². The number of carboxylic acids is 1. The maximum atomic E-state index is 12.5. The van der Waals surface area contributed by atoms with Gasteiger partial charge in [-0.05, 0) is 36.2 Å². The second-order valence-corrected chi connectivity index (χ2v) is 5.09. The number of carbonyl (C=O) groups is 2. The first-order valence-electron chi connectivity index (χ1n) is 6.36. The van der Waals surface area contributed by atoms with Crippen molar-refractivity contribution in [1.82, 2.24) is 4.98 Å². The van der Waals surface area contributed by atoms with Crippen LogP contribution in [-0.4, -0.2) is 28.5 Å². The molecule has 106 valence electrons. The molecule has 21 heavy (non-hydrogen) atoms. The fraction of sp³-hybridized carbons (Fsp3) is 0.133. The number of fused-ring (bicyclic) bond motifs is 1. The van der Waals surface area contributed by atoms with Gasteiger partial charge in [0.2, 0.25) is 0 Å². The molecule has 5 nitrogen and oxygen atoms in total. The largest absolute Gasteiger partial charge is 0.478 e. The number of nitrogens with zero attached hydrogens (tertiary/aromatic N) is 2. The molecule has 2 heterocycles. The van der Waals surface area contributed by atoms with Crippen LogP contribution in [0.25, 0.3) is 0 Å². The zero-order chi connectivity index (χ0) is 15.0. The standard InChI is InChI=1S/C15H11ClN2O3/c16-12-3-1-2-11-10(12)6-7-18(14(11)19)13-5-4-9(8-17-13)15(20)21/h1-5,8H,6-7H2,(H,20,21). The first kappa shape index (κ1) is 13.6. The van der Waals surface area contributed by atoms with Crippen LogP contribution in [0, 0.1) is 0 Å². The molecule has 1 aliphatic heterocycles. The average Bonchev–Trinajstić information content (AvgIpc) is 2.49. The molecule has 2 aromatic rings. The molecule has 0 saturated carbocycles. The molecule has 0 unspecified atom stereocenters. The average molecular weight is 303 g/mol. The molecule has 0 radical (unpaired) electrons. The molecule has 0 aliphatic carbocycles. The normalized spacial score (nSPS) is 14.0. The Labute approximate surface area is 125 Å². The lowest BCUT2D eigenvalue weighted by Gasteiger charge is -2.28. The maximum absolute atomic E-state index is 12.5. The highest BCUT2D eigenvalue weighted by Gasteiger charge is 2.27. The third-order valence-electron chi connectivity index (χ3n) is 3.45. The molecule has 0 fully saturated rings. The first-order chi connectivity index (χ1) is 10.1. The number of halogens is 1. The van der Waals surface area contributed by atoms with Crippen LogP contribution < -0.4 is 4.90 Å². The van der Waals surface area contributed by atoms with E-state index >= 15 is 0 Å². The number of hydrogen-bond donors (Lipinski definition) is 1. The lowest BCUT2D eigenvalue weighted by molar-refractivity contribution is 0.0696. The Kier molecular flexibility index (Phi) is 3.35. The summed E-state index contributed by atoms with van der Waals surface area (Å²) in [6, 6.07) is 8.22. The van der Waals surface area contributed by atoms with E-state index in [-0.39, 0.29) is 11.5 Å². The van der Waals surface area contributed by atoms with Crippen LogP contribution in [0.15, 0.2) is 36.5 Å². The third-order valence-corrected chi connectivity index (χ3v) is 3.81. The van der Waals surface area contributed by atoms with E-state index < -0.39 is 5.97 Å². The summed E-state index contributed by atoms with van der Waals surface area (Å²) in [6.45, 7) is 0.467. The van der Waals surface area contributed by atoms with Gasteiger partial charge in [-0.2, -0.15) is 0 Å². The Morgan fingerprint density at radius 2 is 2.10 bits per heavy atom. The van der Waals surface area contributed by atoms with Gasteiger partial charge in [-0.1, -0.05) is 17.7 Å². The van der Waals surface area contributed by atoms with Crippen molar-refractivity contribution in [3.05, 3.63) is 58.2 Å². The molecule has 1 aromatic carbocycles. The van der Waals surface area contributed by atoms with Gasteiger partial charge in [0.25, 0.3) is 5.91 Å². The summed E-state index contributed by atoms with van der Waals surface area (Å²) in [5.74, 6) is -0.777. The van der Waals surface area contributed by atoms with Gasteiger partial charge in [0.15, 0.2) is 0 Å². The predicted octanol–water partition coefficient (Wildman–Crippen LogP) is 2.64. The number of hydrogen-bond acceptors (Lipinski definition) is 3. The van der Waals surface area contributed by atoms with E-state index in [4.69, 9.17) is 16.7 Å². The summed E-state index contributed by atoms with van der Waals surface area (Å²) in [6.07, 6.45) is 1.89. The molecule has 0 atom stereocenters. The zero-order valence-electron chi connectivity index (χ0n) is 10.9. The molecule has 3 rings (SSSR count). The Balaban J connectivity index is 1.95. The molecule has 1 N–H and O–H groups in total. The van der Waals surface area contributed by atoms with E-state index in [0.29, 0.717) is 29.4 Å². The van der Waals surface area contributed by atoms with E-state index in [1.165, 1.54) is 23.2 Å². The molecule has 0 bridgehead atoms. The Morgan fingerprint density at radius 1 is 1.29 bits per heavy atom. The van der Waals surface area contributed by atoms with Crippen LogP contribution in [0.5, 0.6) is 0 Å². The van der Waals surface area contributed by atoms with Crippen molar-refractivity contribution < 1.29 is 14.7 Å². The Morgan fingerprint density at radius 3 is 2.76 bits per heavy atom. The van der Waals surface area contributed by atoms with Crippen molar-refractivity contribution in [2.45, 2.75) is 6.42 Å². The van der Waals surface area contributed by atoms with E-state index in [0.717, 1.165) is 5.56 Å². The van der Waals surface area contributed by atoms with Gasteiger partial charge in [0.1, 0.15) is 5.82 Å². The minimum absolute atomic E-state index is 0.0895. The van der Waals surface area contributed by atoms with Gasteiger partial charge in [-0.25, -0.2) is 9.78 Å². The first-order valence-corrected chi connectivity index (χ1v) is 6.74. The van der Waals surface area contributed by atoms with Gasteiger partial charge < -0.3 is 5.11 Å². The number of aromatic carboxylic acids is 1. The highest BCUT2D eigenvalue weighted by Crippen LogP contribution is 2.28. The maximum Gasteiger partial charge on any atom is 0.337 e. The van der Waals surface area contributed by atoms with Gasteiger partial charge in [-0.3, -0.25) is 9.69 Å². The number of rotatable bonds is 2. The number of aromatic nitrogens is 1. The highest BCUT2D eigenvalue weighted by molar-refractivity contribution is 6.32. The molecule has 0 saturated heterocycles. The van der Waals surface area contributed by atoms with Gasteiger partial charge >= 0.3 is 5.97 Å². The second kappa shape index (κ2) is 5.18. The SMILES string of the molecule is O=C(O)c1ccc(N2CCc3c(Cl)cccc3C2=O)nc1. The minimum atomic E-state index is -1.05. The van der Waals surface area contributed by atoms with Crippen LogP contribution in [0.4, 0.5) is 5.82 Å². The van der Waals surface area contributed by atoms with Crippen molar-refractivity contribution in [3.8, 4) is 0 Å². The number of carboxylic acid groups (broad SMARTS) is 1. The molecule has 6 heteroatoms. The molecular weight excluding hydrogens is 292 g/mol. The summed E-state index contributed by atoms with van der Waals surface area (Å²) in [4.78, 5) is 28.9. The molecule has 1 aliphatic rings. The lowest BCUT2D eigenvalue weighted by Crippen LogP contribution is -2.38. The van der Waals surface area contributed by atoms with Gasteiger partial charge in [0.05, 0.1) is 5.56 Å². The molecule has 1 amide bonds. The van der Waals surface area contributed by atoms with Crippen molar-refractivity contribution in [3.63, 3.8) is 0 Å². The summed E-state index contributed by atoms with van der Waals surface area (Å²) in [7, 11) is 0. The lowest BCUT2D eigenvalue weighted by atomic mass is 9.99. The molecule has 1 aromatic heterocycles. The summed E-state index contributed by atoms with van der Waals surface area (Å²) >= 11 is 6.11. The van der Waals surface area contributed by atoms with Crippen molar-refractivity contribution >= 4 is 29.3 Å². The van der Waals surface area contributed by atoms with Crippen LogP contribution in [-0.2, 0) is 6.42 Å². The summed E-state index contributed by atoms with van der Waals surface area (Å²) in [5, 5.41) is 9.46. The van der Waals surface area contributed by atoms with Crippen LogP contribution in [0.3, 0.4) is 0 Å². The Bertz CT molecular complexity index is 728. The van der Waals surface area contributed by atoms with E-state index in [2.05, 4.69) is 4.98 Å². The summed E-state index contributed by atoms with van der Waals surface area (Å²) < 4.78 is 0. The number of anilines is 1. The fourth-order valence-corrected chi connectivity index (χ4v) is 2.64.